The Labute approximate surface area is 196 Å². The van der Waals surface area contributed by atoms with Crippen LogP contribution in [0, 0.1) is 18.2 Å². The van der Waals surface area contributed by atoms with Gasteiger partial charge in [-0.25, -0.2) is 4.39 Å². The Bertz CT molecular complexity index is 1030. The quantitative estimate of drug-likeness (QED) is 0.284. The van der Waals surface area contributed by atoms with Gasteiger partial charge >= 0.3 is 6.18 Å². The topological polar surface area (TPSA) is 46.2 Å². The first kappa shape index (κ1) is 25.5. The fourth-order valence-electron chi connectivity index (χ4n) is 4.60. The molecule has 0 saturated heterocycles. The lowest BCUT2D eigenvalue weighted by atomic mass is 9.77. The van der Waals surface area contributed by atoms with E-state index in [1.165, 1.54) is 36.4 Å². The Kier molecular flexibility index (Phi) is 8.49. The lowest BCUT2D eigenvalue weighted by Crippen LogP contribution is -2.41. The van der Waals surface area contributed by atoms with Gasteiger partial charge in [0.1, 0.15) is 5.82 Å². The van der Waals surface area contributed by atoms with Gasteiger partial charge in [-0.15, -0.1) is 6.42 Å². The minimum absolute atomic E-state index is 0.0290. The molecular formula is C27H27F4NO2. The molecule has 3 nitrogen and oxygen atoms in total. The van der Waals surface area contributed by atoms with E-state index in [4.69, 9.17) is 6.42 Å². The number of ketones is 1. The maximum absolute atomic E-state index is 13.6. The van der Waals surface area contributed by atoms with Gasteiger partial charge in [-0.1, -0.05) is 49.6 Å². The zero-order chi connectivity index (χ0) is 24.7. The SMILES string of the molecule is C#CC(=O)CCC(c1cccc(C(F)(F)F)c1)C(C(=O)NC1CCCCC1)c1ccc(F)cc1. The van der Waals surface area contributed by atoms with Gasteiger partial charge in [0.05, 0.1) is 11.5 Å². The number of rotatable bonds is 8. The molecule has 0 radical (unpaired) electrons. The van der Waals surface area contributed by atoms with Crippen molar-refractivity contribution >= 4 is 11.7 Å². The molecule has 3 rings (SSSR count). The summed E-state index contributed by atoms with van der Waals surface area (Å²) < 4.78 is 53.9. The zero-order valence-electron chi connectivity index (χ0n) is 18.7. The molecule has 0 heterocycles. The lowest BCUT2D eigenvalue weighted by Gasteiger charge is -2.31. The summed E-state index contributed by atoms with van der Waals surface area (Å²) in [6.07, 6.45) is 5.33. The van der Waals surface area contributed by atoms with Crippen LogP contribution in [-0.2, 0) is 15.8 Å². The molecule has 180 valence electrons. The summed E-state index contributed by atoms with van der Waals surface area (Å²) in [5, 5.41) is 3.05. The molecule has 1 N–H and O–H groups in total. The second kappa shape index (κ2) is 11.3. The molecule has 0 spiro atoms. The second-order valence-electron chi connectivity index (χ2n) is 8.71. The van der Waals surface area contributed by atoms with Crippen LogP contribution in [0.1, 0.15) is 73.5 Å². The number of carbonyl (C=O) groups is 2. The highest BCUT2D eigenvalue weighted by atomic mass is 19.4. The van der Waals surface area contributed by atoms with E-state index in [2.05, 4.69) is 5.32 Å². The van der Waals surface area contributed by atoms with Crippen molar-refractivity contribution in [2.24, 2.45) is 0 Å². The number of halogens is 4. The number of carbonyl (C=O) groups excluding carboxylic acids is 2. The average Bonchev–Trinajstić information content (AvgIpc) is 2.82. The van der Waals surface area contributed by atoms with E-state index < -0.39 is 35.2 Å². The molecule has 2 atom stereocenters. The number of nitrogens with one attached hydrogen (secondary N) is 1. The van der Waals surface area contributed by atoms with Gasteiger partial charge in [-0.3, -0.25) is 9.59 Å². The molecule has 0 aliphatic heterocycles. The molecule has 34 heavy (non-hydrogen) atoms. The fourth-order valence-corrected chi connectivity index (χ4v) is 4.60. The molecule has 0 bridgehead atoms. The Morgan fingerprint density at radius 1 is 1.03 bits per heavy atom. The van der Waals surface area contributed by atoms with Gasteiger partial charge in [0.25, 0.3) is 0 Å². The average molecular weight is 474 g/mol. The first-order valence-corrected chi connectivity index (χ1v) is 11.4. The number of benzene rings is 2. The highest BCUT2D eigenvalue weighted by Gasteiger charge is 2.35. The summed E-state index contributed by atoms with van der Waals surface area (Å²) in [4.78, 5) is 25.5. The van der Waals surface area contributed by atoms with E-state index in [-0.39, 0.29) is 30.4 Å². The van der Waals surface area contributed by atoms with Crippen LogP contribution in [0.3, 0.4) is 0 Å². The summed E-state index contributed by atoms with van der Waals surface area (Å²) in [5.41, 5.74) is -0.109. The Morgan fingerprint density at radius 3 is 2.32 bits per heavy atom. The predicted octanol–water partition coefficient (Wildman–Crippen LogP) is 6.14. The summed E-state index contributed by atoms with van der Waals surface area (Å²) in [6, 6.07) is 10.1. The van der Waals surface area contributed by atoms with E-state index in [0.29, 0.717) is 5.56 Å². The highest BCUT2D eigenvalue weighted by Crippen LogP contribution is 2.40. The van der Waals surface area contributed by atoms with Crippen LogP contribution < -0.4 is 5.32 Å². The molecule has 7 heteroatoms. The van der Waals surface area contributed by atoms with Crippen LogP contribution >= 0.6 is 0 Å². The Morgan fingerprint density at radius 2 is 1.71 bits per heavy atom. The zero-order valence-corrected chi connectivity index (χ0v) is 18.7. The summed E-state index contributed by atoms with van der Waals surface area (Å²) >= 11 is 0. The van der Waals surface area contributed by atoms with Gasteiger partial charge in [0.15, 0.2) is 0 Å². The van der Waals surface area contributed by atoms with Gasteiger partial charge in [0, 0.05) is 18.4 Å². The van der Waals surface area contributed by atoms with Crippen LogP contribution in [0.15, 0.2) is 48.5 Å². The van der Waals surface area contributed by atoms with Crippen molar-refractivity contribution in [3.05, 3.63) is 71.0 Å². The largest absolute Gasteiger partial charge is 0.416 e. The fraction of sp³-hybridized carbons (Fsp3) is 0.407. The Balaban J connectivity index is 2.04. The molecule has 1 saturated carbocycles. The third kappa shape index (κ3) is 6.69. The summed E-state index contributed by atoms with van der Waals surface area (Å²) in [6.45, 7) is 0. The monoisotopic (exact) mass is 473 g/mol. The second-order valence-corrected chi connectivity index (χ2v) is 8.71. The number of alkyl halides is 3. The van der Waals surface area contributed by atoms with Crippen molar-refractivity contribution in [1.29, 1.82) is 0 Å². The third-order valence-corrected chi connectivity index (χ3v) is 6.35. The van der Waals surface area contributed by atoms with E-state index in [1.54, 1.807) is 0 Å². The van der Waals surface area contributed by atoms with Crippen molar-refractivity contribution < 1.29 is 27.2 Å². The van der Waals surface area contributed by atoms with Crippen LogP contribution in [0.4, 0.5) is 17.6 Å². The van der Waals surface area contributed by atoms with Crippen molar-refractivity contribution in [3.8, 4) is 12.3 Å². The minimum Gasteiger partial charge on any atom is -0.353 e. The maximum atomic E-state index is 13.6. The Hall–Kier alpha value is -3.14. The van der Waals surface area contributed by atoms with Gasteiger partial charge in [-0.2, -0.15) is 13.2 Å². The van der Waals surface area contributed by atoms with Crippen LogP contribution in [0.25, 0.3) is 0 Å². The number of hydrogen-bond acceptors (Lipinski definition) is 2. The van der Waals surface area contributed by atoms with Crippen molar-refractivity contribution in [3.63, 3.8) is 0 Å². The molecule has 1 aliphatic rings. The van der Waals surface area contributed by atoms with E-state index in [0.717, 1.165) is 44.2 Å². The lowest BCUT2D eigenvalue weighted by molar-refractivity contribution is -0.137. The maximum Gasteiger partial charge on any atom is 0.416 e. The molecule has 0 aromatic heterocycles. The van der Waals surface area contributed by atoms with Crippen LogP contribution in [0.2, 0.25) is 0 Å². The first-order valence-electron chi connectivity index (χ1n) is 11.4. The third-order valence-electron chi connectivity index (χ3n) is 6.35. The smallest absolute Gasteiger partial charge is 0.353 e. The number of Topliss-reactive ketones (excluding diaryl/α,β-unsaturated/α-hetero) is 1. The summed E-state index contributed by atoms with van der Waals surface area (Å²) in [7, 11) is 0. The van der Waals surface area contributed by atoms with E-state index in [1.807, 2.05) is 5.92 Å². The highest BCUT2D eigenvalue weighted by molar-refractivity contribution is 5.95. The van der Waals surface area contributed by atoms with Crippen molar-refractivity contribution in [2.75, 3.05) is 0 Å². The van der Waals surface area contributed by atoms with Crippen molar-refractivity contribution in [2.45, 2.75) is 69.0 Å². The van der Waals surface area contributed by atoms with Crippen molar-refractivity contribution in [1.82, 2.24) is 5.32 Å². The number of hydrogen-bond donors (Lipinski definition) is 1. The van der Waals surface area contributed by atoms with Crippen LogP contribution in [0.5, 0.6) is 0 Å². The predicted molar refractivity (Wildman–Crippen MR) is 121 cm³/mol. The van der Waals surface area contributed by atoms with E-state index >= 15 is 0 Å². The molecule has 1 aliphatic carbocycles. The molecule has 1 amide bonds. The molecule has 1 fully saturated rings. The van der Waals surface area contributed by atoms with Crippen LogP contribution in [-0.4, -0.2) is 17.7 Å². The number of amides is 1. The summed E-state index contributed by atoms with van der Waals surface area (Å²) in [5.74, 6) is -1.01. The molecule has 2 aromatic rings. The van der Waals surface area contributed by atoms with Gasteiger partial charge in [-0.05, 0) is 54.5 Å². The first-order chi connectivity index (χ1) is 16.2. The number of terminal acetylenes is 1. The molecular weight excluding hydrogens is 446 g/mol. The van der Waals surface area contributed by atoms with Gasteiger partial charge < -0.3 is 5.32 Å². The minimum atomic E-state index is -4.56. The molecule has 2 aromatic carbocycles. The molecule has 2 unspecified atom stereocenters. The normalized spacial score (nSPS) is 16.3. The standard InChI is InChI=1S/C27H27F4NO2/c1-2-23(33)15-16-24(19-7-6-8-20(17-19)27(29,30)31)25(18-11-13-21(28)14-12-18)26(34)32-22-9-4-3-5-10-22/h1,6-8,11-14,17,22,24-25H,3-5,9-10,15-16H2,(H,32,34). The van der Waals surface area contributed by atoms with Gasteiger partial charge in [0.2, 0.25) is 11.7 Å². The van der Waals surface area contributed by atoms with E-state index in [9.17, 15) is 27.2 Å².